The van der Waals surface area contributed by atoms with Crippen molar-refractivity contribution in [2.24, 2.45) is 5.92 Å². The van der Waals surface area contributed by atoms with E-state index in [1.54, 1.807) is 0 Å². The lowest BCUT2D eigenvalue weighted by molar-refractivity contribution is -0.207. The fraction of sp³-hybridized carbons (Fsp3) is 0.429. The van der Waals surface area contributed by atoms with Gasteiger partial charge in [0.15, 0.2) is 17.9 Å². The van der Waals surface area contributed by atoms with Crippen molar-refractivity contribution < 1.29 is 53.7 Å². The number of benzene rings is 2. The lowest BCUT2D eigenvalue weighted by Crippen LogP contribution is -2.29. The first-order valence-electron chi connectivity index (χ1n) is 9.69. The number of hydrogen-bond acceptors (Lipinski definition) is 3. The van der Waals surface area contributed by atoms with E-state index in [1.165, 1.54) is 0 Å². The van der Waals surface area contributed by atoms with Crippen LogP contribution in [0.15, 0.2) is 24.3 Å². The first kappa shape index (κ1) is 25.2. The maximum absolute atomic E-state index is 14.5. The van der Waals surface area contributed by atoms with E-state index in [-0.39, 0.29) is 31.3 Å². The maximum Gasteiger partial charge on any atom is 0.429 e. The quantitative estimate of drug-likeness (QED) is 0.417. The highest BCUT2D eigenvalue weighted by molar-refractivity contribution is 5.34. The van der Waals surface area contributed by atoms with Crippen LogP contribution in [0, 0.1) is 29.2 Å². The van der Waals surface area contributed by atoms with Crippen LogP contribution in [0.2, 0.25) is 0 Å². The number of hydrogen-bond donors (Lipinski definition) is 0. The Balaban J connectivity index is 1.84. The summed E-state index contributed by atoms with van der Waals surface area (Å²) in [5.74, 6) is -9.53. The molecule has 1 aliphatic rings. The third kappa shape index (κ3) is 5.37. The predicted molar refractivity (Wildman–Crippen MR) is 95.3 cm³/mol. The van der Waals surface area contributed by atoms with Gasteiger partial charge in [-0.1, -0.05) is 19.4 Å². The molecule has 0 radical (unpaired) electrons. The van der Waals surface area contributed by atoms with Crippen LogP contribution in [0.1, 0.15) is 42.7 Å². The van der Waals surface area contributed by atoms with Gasteiger partial charge in [-0.05, 0) is 12.5 Å². The van der Waals surface area contributed by atoms with Gasteiger partial charge in [0.05, 0.1) is 13.2 Å². The van der Waals surface area contributed by atoms with Crippen molar-refractivity contribution in [3.05, 3.63) is 64.2 Å². The molecule has 2 aromatic carbocycles. The molecule has 0 N–H and O–H groups in total. The molecule has 0 amide bonds. The van der Waals surface area contributed by atoms with E-state index in [4.69, 9.17) is 9.47 Å². The van der Waals surface area contributed by atoms with Gasteiger partial charge in [-0.2, -0.15) is 22.0 Å². The molecule has 1 saturated heterocycles. The van der Waals surface area contributed by atoms with Gasteiger partial charge in [-0.3, -0.25) is 0 Å². The van der Waals surface area contributed by atoms with Gasteiger partial charge >= 0.3 is 12.3 Å². The van der Waals surface area contributed by atoms with Crippen LogP contribution < -0.4 is 4.74 Å². The fourth-order valence-electron chi connectivity index (χ4n) is 3.35. The summed E-state index contributed by atoms with van der Waals surface area (Å²) in [6, 6.07) is 0.941. The molecule has 3 nitrogen and oxygen atoms in total. The zero-order valence-electron chi connectivity index (χ0n) is 16.9. The second-order valence-corrected chi connectivity index (χ2v) is 7.36. The van der Waals surface area contributed by atoms with Gasteiger partial charge < -0.3 is 14.2 Å². The van der Waals surface area contributed by atoms with Gasteiger partial charge in [0.25, 0.3) is 0 Å². The van der Waals surface area contributed by atoms with Crippen LogP contribution in [0.25, 0.3) is 0 Å². The molecule has 3 rings (SSSR count). The number of alkyl halides is 5. The van der Waals surface area contributed by atoms with E-state index in [0.717, 1.165) is 18.9 Å². The molecule has 2 aromatic rings. The Morgan fingerprint density at radius 1 is 0.909 bits per heavy atom. The van der Waals surface area contributed by atoms with Crippen LogP contribution in [-0.2, 0) is 21.8 Å². The minimum Gasteiger partial charge on any atom is -0.429 e. The van der Waals surface area contributed by atoms with E-state index in [9.17, 15) is 39.5 Å². The van der Waals surface area contributed by atoms with Gasteiger partial charge in [0.2, 0.25) is 0 Å². The average Bonchev–Trinajstić information content (AvgIpc) is 2.69. The SMILES string of the molecule is CCCC1COC(c2ccc(C(F)(F)Oc3cc(F)c(C(F)(F)F)c(F)c3)c(F)c2F)OC1. The third-order valence-corrected chi connectivity index (χ3v) is 4.89. The molecule has 0 spiro atoms. The summed E-state index contributed by atoms with van der Waals surface area (Å²) in [5.41, 5.74) is -4.45. The molecule has 0 atom stereocenters. The van der Waals surface area contributed by atoms with Crippen molar-refractivity contribution in [2.75, 3.05) is 13.2 Å². The van der Waals surface area contributed by atoms with Crippen molar-refractivity contribution in [1.29, 1.82) is 0 Å². The number of ether oxygens (including phenoxy) is 3. The van der Waals surface area contributed by atoms with Crippen molar-refractivity contribution in [1.82, 2.24) is 0 Å². The molecule has 12 heteroatoms. The van der Waals surface area contributed by atoms with Gasteiger partial charge in [-0.15, -0.1) is 0 Å². The monoisotopic (exact) mass is 488 g/mol. The highest BCUT2D eigenvalue weighted by Crippen LogP contribution is 2.40. The second-order valence-electron chi connectivity index (χ2n) is 7.36. The van der Waals surface area contributed by atoms with Crippen LogP contribution in [0.4, 0.5) is 39.5 Å². The molecule has 0 saturated carbocycles. The third-order valence-electron chi connectivity index (χ3n) is 4.89. The van der Waals surface area contributed by atoms with Gasteiger partial charge in [0.1, 0.15) is 28.5 Å². The van der Waals surface area contributed by atoms with Crippen molar-refractivity contribution >= 4 is 0 Å². The molecule has 1 fully saturated rings. The van der Waals surface area contributed by atoms with Crippen molar-refractivity contribution in [3.8, 4) is 5.75 Å². The Kier molecular flexibility index (Phi) is 7.18. The van der Waals surface area contributed by atoms with Gasteiger partial charge in [0, 0.05) is 23.6 Å². The summed E-state index contributed by atoms with van der Waals surface area (Å²) in [4.78, 5) is 0. The average molecular weight is 488 g/mol. The zero-order valence-corrected chi connectivity index (χ0v) is 16.9. The summed E-state index contributed by atoms with van der Waals surface area (Å²) in [5, 5.41) is 0. The molecule has 33 heavy (non-hydrogen) atoms. The minimum absolute atomic E-state index is 0.0423. The Bertz CT molecular complexity index is 976. The first-order valence-corrected chi connectivity index (χ1v) is 9.69. The van der Waals surface area contributed by atoms with E-state index in [2.05, 4.69) is 4.74 Å². The molecule has 0 aromatic heterocycles. The molecule has 0 bridgehead atoms. The molecule has 0 unspecified atom stereocenters. The van der Waals surface area contributed by atoms with Crippen LogP contribution in [-0.4, -0.2) is 13.2 Å². The Hall–Kier alpha value is -2.47. The summed E-state index contributed by atoms with van der Waals surface area (Å²) in [6.07, 6.45) is -9.84. The topological polar surface area (TPSA) is 27.7 Å². The Morgan fingerprint density at radius 2 is 1.48 bits per heavy atom. The van der Waals surface area contributed by atoms with E-state index >= 15 is 0 Å². The molecular weight excluding hydrogens is 471 g/mol. The first-order chi connectivity index (χ1) is 15.3. The lowest BCUT2D eigenvalue weighted by Gasteiger charge is -2.30. The van der Waals surface area contributed by atoms with Crippen molar-refractivity contribution in [2.45, 2.75) is 38.3 Å². The predicted octanol–water partition coefficient (Wildman–Crippen LogP) is 6.85. The molecular formula is C21H17F9O3. The van der Waals surface area contributed by atoms with Gasteiger partial charge in [-0.25, -0.2) is 17.6 Å². The fourth-order valence-corrected chi connectivity index (χ4v) is 3.35. The Morgan fingerprint density at radius 3 is 2.00 bits per heavy atom. The lowest BCUT2D eigenvalue weighted by atomic mass is 10.0. The maximum atomic E-state index is 14.5. The molecule has 1 aliphatic heterocycles. The summed E-state index contributed by atoms with van der Waals surface area (Å²) < 4.78 is 138. The highest BCUT2D eigenvalue weighted by Gasteiger charge is 2.42. The van der Waals surface area contributed by atoms with Crippen molar-refractivity contribution in [3.63, 3.8) is 0 Å². The highest BCUT2D eigenvalue weighted by atomic mass is 19.4. The van der Waals surface area contributed by atoms with E-state index in [1.807, 2.05) is 6.92 Å². The molecule has 0 aliphatic carbocycles. The van der Waals surface area contributed by atoms with E-state index in [0.29, 0.717) is 6.07 Å². The summed E-state index contributed by atoms with van der Waals surface area (Å²) in [7, 11) is 0. The molecule has 182 valence electrons. The number of rotatable bonds is 6. The summed E-state index contributed by atoms with van der Waals surface area (Å²) in [6.45, 7) is 2.31. The normalized spacial score (nSPS) is 19.6. The summed E-state index contributed by atoms with van der Waals surface area (Å²) >= 11 is 0. The standard InChI is InChI=1S/C21H17F9O3/c1-2-3-10-8-31-19(32-9-10)12-4-5-13(18(25)17(12)24)21(29,30)33-11-6-14(22)16(15(23)7-11)20(26,27)28/h4-7,10,19H,2-3,8-9H2,1H3. The van der Waals surface area contributed by atoms with Crippen LogP contribution in [0.5, 0.6) is 5.75 Å². The van der Waals surface area contributed by atoms with E-state index < -0.39 is 64.3 Å². The van der Waals surface area contributed by atoms with Crippen LogP contribution >= 0.6 is 0 Å². The number of halogens is 9. The minimum atomic E-state index is -5.43. The largest absolute Gasteiger partial charge is 0.429 e. The Labute approximate surface area is 182 Å². The molecule has 1 heterocycles. The second kappa shape index (κ2) is 9.41. The smallest absolute Gasteiger partial charge is 0.429 e. The zero-order chi connectivity index (χ0) is 24.6. The van der Waals surface area contributed by atoms with Crippen LogP contribution in [0.3, 0.4) is 0 Å².